The van der Waals surface area contributed by atoms with Gasteiger partial charge >= 0.3 is 0 Å². The number of hydrogen-bond donors (Lipinski definition) is 1. The summed E-state index contributed by atoms with van der Waals surface area (Å²) in [6.07, 6.45) is 8.99. The van der Waals surface area contributed by atoms with Crippen molar-refractivity contribution in [2.24, 2.45) is 4.99 Å². The van der Waals surface area contributed by atoms with E-state index in [1.807, 2.05) is 4.68 Å². The van der Waals surface area contributed by atoms with E-state index in [9.17, 15) is 9.59 Å². The van der Waals surface area contributed by atoms with Gasteiger partial charge in [0.15, 0.2) is 17.3 Å². The number of aliphatic imine (C=N–C) groups is 1. The number of nitrogen functional groups attached to an aromatic ring is 1. The van der Waals surface area contributed by atoms with Gasteiger partial charge in [0.25, 0.3) is 5.56 Å². The SMILES string of the molecule is Nc1c(N=C2C=CC(=O)C=C2N2CCCC2)c(=O)n2n1CCCC2. The lowest BCUT2D eigenvalue weighted by Gasteiger charge is -2.22. The number of nitrogens with two attached hydrogens (primary N) is 1. The zero-order valence-corrected chi connectivity index (χ0v) is 13.6. The van der Waals surface area contributed by atoms with Crippen molar-refractivity contribution in [3.05, 3.63) is 34.3 Å². The van der Waals surface area contributed by atoms with Crippen LogP contribution in [0.5, 0.6) is 0 Å². The van der Waals surface area contributed by atoms with E-state index in [2.05, 4.69) is 9.89 Å². The molecule has 2 aliphatic heterocycles. The third kappa shape index (κ3) is 2.40. The average molecular weight is 327 g/mol. The topological polar surface area (TPSA) is 85.6 Å². The van der Waals surface area contributed by atoms with Crippen LogP contribution in [0, 0.1) is 0 Å². The maximum absolute atomic E-state index is 12.6. The summed E-state index contributed by atoms with van der Waals surface area (Å²) >= 11 is 0. The fourth-order valence-corrected chi connectivity index (χ4v) is 3.61. The molecule has 24 heavy (non-hydrogen) atoms. The molecule has 0 unspecified atom stereocenters. The largest absolute Gasteiger partial charge is 0.382 e. The van der Waals surface area contributed by atoms with Gasteiger partial charge in [-0.1, -0.05) is 0 Å². The van der Waals surface area contributed by atoms with Crippen LogP contribution in [0.25, 0.3) is 0 Å². The van der Waals surface area contributed by atoms with Crippen molar-refractivity contribution in [3.63, 3.8) is 0 Å². The molecule has 0 radical (unpaired) electrons. The Balaban J connectivity index is 1.78. The zero-order valence-electron chi connectivity index (χ0n) is 13.6. The van der Waals surface area contributed by atoms with Crippen LogP contribution in [0.2, 0.25) is 0 Å². The molecule has 1 aromatic heterocycles. The Hall–Kier alpha value is -2.57. The van der Waals surface area contributed by atoms with E-state index in [4.69, 9.17) is 5.73 Å². The first-order valence-electron chi connectivity index (χ1n) is 8.52. The lowest BCUT2D eigenvalue weighted by Crippen LogP contribution is -2.28. The van der Waals surface area contributed by atoms with Gasteiger partial charge in [0.05, 0.1) is 11.4 Å². The quantitative estimate of drug-likeness (QED) is 0.828. The first-order chi connectivity index (χ1) is 11.6. The van der Waals surface area contributed by atoms with Gasteiger partial charge < -0.3 is 10.6 Å². The highest BCUT2D eigenvalue weighted by molar-refractivity contribution is 6.20. The fraction of sp³-hybridized carbons (Fsp3) is 0.471. The molecule has 0 spiro atoms. The summed E-state index contributed by atoms with van der Waals surface area (Å²) < 4.78 is 3.50. The predicted molar refractivity (Wildman–Crippen MR) is 92.5 cm³/mol. The summed E-state index contributed by atoms with van der Waals surface area (Å²) in [6, 6.07) is 0. The number of ketones is 1. The molecule has 126 valence electrons. The molecule has 3 aliphatic rings. The van der Waals surface area contributed by atoms with E-state index in [0.717, 1.165) is 51.0 Å². The van der Waals surface area contributed by atoms with Gasteiger partial charge in [-0.3, -0.25) is 14.3 Å². The summed E-state index contributed by atoms with van der Waals surface area (Å²) in [5, 5.41) is 0. The Morgan fingerprint density at radius 1 is 0.917 bits per heavy atom. The summed E-state index contributed by atoms with van der Waals surface area (Å²) in [6.45, 7) is 3.24. The molecule has 2 N–H and O–H groups in total. The summed E-state index contributed by atoms with van der Waals surface area (Å²) in [5.41, 5.74) is 7.76. The fourth-order valence-electron chi connectivity index (χ4n) is 3.61. The van der Waals surface area contributed by atoms with Gasteiger partial charge in [0.1, 0.15) is 0 Å². The van der Waals surface area contributed by atoms with Crippen molar-refractivity contribution in [3.8, 4) is 0 Å². The second kappa shape index (κ2) is 5.81. The number of anilines is 1. The highest BCUT2D eigenvalue weighted by atomic mass is 16.1. The summed E-state index contributed by atoms with van der Waals surface area (Å²) in [7, 11) is 0. The van der Waals surface area contributed by atoms with Gasteiger partial charge in [-0.15, -0.1) is 0 Å². The Labute approximate surface area is 139 Å². The molecule has 0 aromatic carbocycles. The minimum Gasteiger partial charge on any atom is -0.382 e. The molecule has 3 heterocycles. The normalized spacial score (nSPS) is 22.2. The molecule has 4 rings (SSSR count). The van der Waals surface area contributed by atoms with Crippen molar-refractivity contribution in [2.75, 3.05) is 18.8 Å². The van der Waals surface area contributed by atoms with E-state index >= 15 is 0 Å². The number of carbonyl (C=O) groups is 1. The Kier molecular flexibility index (Phi) is 3.63. The third-order valence-electron chi connectivity index (χ3n) is 4.86. The Morgan fingerprint density at radius 2 is 1.58 bits per heavy atom. The van der Waals surface area contributed by atoms with Crippen LogP contribution in [0.3, 0.4) is 0 Å². The molecule has 1 aromatic rings. The van der Waals surface area contributed by atoms with Crippen molar-refractivity contribution < 1.29 is 4.79 Å². The van der Waals surface area contributed by atoms with E-state index in [1.165, 1.54) is 6.08 Å². The summed E-state index contributed by atoms with van der Waals surface area (Å²) in [5.74, 6) is 0.370. The number of hydrogen-bond acceptors (Lipinski definition) is 5. The molecule has 0 saturated carbocycles. The van der Waals surface area contributed by atoms with Gasteiger partial charge in [0.2, 0.25) is 0 Å². The van der Waals surface area contributed by atoms with Crippen LogP contribution in [0.1, 0.15) is 25.7 Å². The summed E-state index contributed by atoms with van der Waals surface area (Å²) in [4.78, 5) is 31.1. The lowest BCUT2D eigenvalue weighted by atomic mass is 10.1. The maximum atomic E-state index is 12.6. The number of likely N-dealkylation sites (tertiary alicyclic amines) is 1. The van der Waals surface area contributed by atoms with Crippen LogP contribution >= 0.6 is 0 Å². The number of nitrogens with zero attached hydrogens (tertiary/aromatic N) is 4. The molecule has 1 saturated heterocycles. The van der Waals surface area contributed by atoms with E-state index in [-0.39, 0.29) is 17.0 Å². The zero-order chi connectivity index (χ0) is 16.7. The third-order valence-corrected chi connectivity index (χ3v) is 4.86. The molecular weight excluding hydrogens is 306 g/mol. The molecule has 7 heteroatoms. The van der Waals surface area contributed by atoms with Gasteiger partial charge in [-0.25, -0.2) is 9.67 Å². The van der Waals surface area contributed by atoms with Crippen molar-refractivity contribution in [2.45, 2.75) is 38.8 Å². The van der Waals surface area contributed by atoms with Crippen molar-refractivity contribution in [1.29, 1.82) is 0 Å². The smallest absolute Gasteiger partial charge is 0.294 e. The Morgan fingerprint density at radius 3 is 2.29 bits per heavy atom. The van der Waals surface area contributed by atoms with E-state index in [1.54, 1.807) is 16.8 Å². The monoisotopic (exact) mass is 327 g/mol. The lowest BCUT2D eigenvalue weighted by molar-refractivity contribution is -0.110. The highest BCUT2D eigenvalue weighted by Gasteiger charge is 2.24. The number of carbonyl (C=O) groups excluding carboxylic acids is 1. The molecule has 0 amide bonds. The Bertz CT molecular complexity index is 834. The second-order valence-electron chi connectivity index (χ2n) is 6.45. The number of aromatic nitrogens is 2. The predicted octanol–water partition coefficient (Wildman–Crippen LogP) is 1.22. The molecule has 0 atom stereocenters. The van der Waals surface area contributed by atoms with Crippen LogP contribution in [0.4, 0.5) is 11.5 Å². The standard InChI is InChI=1S/C17H21N5O2/c18-16-15(17(24)22-10-4-3-9-21(16)22)19-13-6-5-12(23)11-14(13)20-7-1-2-8-20/h5-6,11H,1-4,7-10,18H2. The van der Waals surface area contributed by atoms with Crippen molar-refractivity contribution >= 4 is 23.0 Å². The maximum Gasteiger partial charge on any atom is 0.294 e. The minimum atomic E-state index is -0.147. The first-order valence-corrected chi connectivity index (χ1v) is 8.52. The van der Waals surface area contributed by atoms with Crippen molar-refractivity contribution in [1.82, 2.24) is 14.3 Å². The van der Waals surface area contributed by atoms with Gasteiger partial charge in [-0.05, 0) is 37.8 Å². The van der Waals surface area contributed by atoms with Crippen LogP contribution in [-0.2, 0) is 17.9 Å². The second-order valence-corrected chi connectivity index (χ2v) is 6.45. The number of fused-ring (bicyclic) bond motifs is 1. The molecule has 1 aliphatic carbocycles. The first kappa shape index (κ1) is 15.0. The van der Waals surface area contributed by atoms with E-state index < -0.39 is 0 Å². The molecular formula is C17H21N5O2. The number of rotatable bonds is 2. The van der Waals surface area contributed by atoms with Gasteiger partial charge in [0, 0.05) is 32.3 Å². The van der Waals surface area contributed by atoms with E-state index in [0.29, 0.717) is 18.1 Å². The molecule has 0 bridgehead atoms. The molecule has 1 fully saturated rings. The molecule has 7 nitrogen and oxygen atoms in total. The highest BCUT2D eigenvalue weighted by Crippen LogP contribution is 2.25. The van der Waals surface area contributed by atoms with Crippen LogP contribution in [-0.4, -0.2) is 38.8 Å². The van der Waals surface area contributed by atoms with Crippen LogP contribution < -0.4 is 11.3 Å². The number of allylic oxidation sites excluding steroid dienone is 3. The average Bonchev–Trinajstić information content (AvgIpc) is 3.20. The van der Waals surface area contributed by atoms with Crippen LogP contribution in [0.15, 0.2) is 33.7 Å². The van der Waals surface area contributed by atoms with Gasteiger partial charge in [-0.2, -0.15) is 0 Å². The minimum absolute atomic E-state index is 0.0447.